The van der Waals surface area contributed by atoms with Gasteiger partial charge in [-0.2, -0.15) is 0 Å². The van der Waals surface area contributed by atoms with Crippen LogP contribution in [0.2, 0.25) is 0 Å². The number of pyridine rings is 2. The summed E-state index contributed by atoms with van der Waals surface area (Å²) in [6.45, 7) is 0.0969. The number of hydrazine groups is 1. The van der Waals surface area contributed by atoms with Crippen molar-refractivity contribution in [1.82, 2.24) is 31.0 Å². The zero-order valence-corrected chi connectivity index (χ0v) is 20.4. The van der Waals surface area contributed by atoms with Crippen LogP contribution in [0.25, 0.3) is 10.9 Å². The second-order valence-corrected chi connectivity index (χ2v) is 8.91. The molecule has 0 fully saturated rings. The van der Waals surface area contributed by atoms with Crippen LogP contribution >= 0.6 is 12.2 Å². The Morgan fingerprint density at radius 1 is 0.919 bits per heavy atom. The van der Waals surface area contributed by atoms with Gasteiger partial charge in [0.15, 0.2) is 5.11 Å². The van der Waals surface area contributed by atoms with Crippen LogP contribution in [0.15, 0.2) is 85.3 Å². The first kappa shape index (κ1) is 24.0. The van der Waals surface area contributed by atoms with Crippen molar-refractivity contribution in [3.8, 4) is 0 Å². The molecule has 184 valence electrons. The molecule has 10 heteroatoms. The lowest BCUT2D eigenvalue weighted by Gasteiger charge is -2.25. The van der Waals surface area contributed by atoms with E-state index in [2.05, 4.69) is 26.1 Å². The lowest BCUT2D eigenvalue weighted by Crippen LogP contribution is -2.53. The molecular formula is C27H22N6O3S. The Kier molecular flexibility index (Phi) is 6.82. The number of hydrogen-bond donors (Lipinski definition) is 3. The Morgan fingerprint density at radius 2 is 1.62 bits per heavy atom. The molecule has 0 bridgehead atoms. The number of benzene rings is 2. The summed E-state index contributed by atoms with van der Waals surface area (Å²) in [4.78, 5) is 47.9. The average Bonchev–Trinajstić information content (AvgIpc) is 3.17. The summed E-state index contributed by atoms with van der Waals surface area (Å²) in [6.07, 6.45) is 5.20. The van der Waals surface area contributed by atoms with E-state index in [-0.39, 0.29) is 23.5 Å². The number of carbonyl (C=O) groups excluding carboxylic acids is 3. The summed E-state index contributed by atoms with van der Waals surface area (Å²) < 4.78 is 0. The van der Waals surface area contributed by atoms with Crippen molar-refractivity contribution in [2.24, 2.45) is 0 Å². The monoisotopic (exact) mass is 510 g/mol. The van der Waals surface area contributed by atoms with E-state index in [1.54, 1.807) is 48.8 Å². The van der Waals surface area contributed by atoms with Gasteiger partial charge in [-0.05, 0) is 48.5 Å². The Balaban J connectivity index is 1.26. The SMILES string of the molecule is O=C(NNC(=S)NC(Cc1ccccc1)CN1C(=O)c2ccccc2C1=O)c1cnc2cnccc2c1. The predicted octanol–water partition coefficient (Wildman–Crippen LogP) is 2.65. The number of nitrogens with one attached hydrogen (secondary N) is 3. The summed E-state index contributed by atoms with van der Waals surface area (Å²) in [7, 11) is 0. The highest BCUT2D eigenvalue weighted by atomic mass is 32.1. The van der Waals surface area contributed by atoms with Crippen molar-refractivity contribution < 1.29 is 14.4 Å². The second-order valence-electron chi connectivity index (χ2n) is 8.50. The third kappa shape index (κ3) is 5.29. The number of thiocarbonyl (C=S) groups is 1. The molecule has 3 amide bonds. The van der Waals surface area contributed by atoms with E-state index < -0.39 is 11.9 Å². The fraction of sp³-hybridized carbons (Fsp3) is 0.111. The Morgan fingerprint density at radius 3 is 2.35 bits per heavy atom. The number of aromatic nitrogens is 2. The minimum Gasteiger partial charge on any atom is -0.356 e. The largest absolute Gasteiger partial charge is 0.356 e. The van der Waals surface area contributed by atoms with Gasteiger partial charge in [0.25, 0.3) is 17.7 Å². The fourth-order valence-electron chi connectivity index (χ4n) is 4.19. The van der Waals surface area contributed by atoms with Crippen LogP contribution in [-0.4, -0.2) is 50.3 Å². The van der Waals surface area contributed by atoms with E-state index >= 15 is 0 Å². The molecule has 9 nitrogen and oxygen atoms in total. The molecule has 2 aromatic heterocycles. The zero-order chi connectivity index (χ0) is 25.8. The highest BCUT2D eigenvalue weighted by Gasteiger charge is 2.36. The van der Waals surface area contributed by atoms with E-state index in [1.165, 1.54) is 11.1 Å². The van der Waals surface area contributed by atoms with Gasteiger partial charge in [-0.3, -0.25) is 40.1 Å². The van der Waals surface area contributed by atoms with Gasteiger partial charge in [-0.25, -0.2) is 0 Å². The van der Waals surface area contributed by atoms with Crippen LogP contribution in [-0.2, 0) is 6.42 Å². The molecule has 0 saturated heterocycles. The molecule has 1 aliphatic heterocycles. The number of hydrogen-bond acceptors (Lipinski definition) is 6. The molecule has 1 unspecified atom stereocenters. The Bertz CT molecular complexity index is 1480. The summed E-state index contributed by atoms with van der Waals surface area (Å²) in [6, 6.07) is 19.5. The van der Waals surface area contributed by atoms with Crippen molar-refractivity contribution in [2.45, 2.75) is 12.5 Å². The first-order chi connectivity index (χ1) is 18.0. The van der Waals surface area contributed by atoms with Gasteiger partial charge in [-0.15, -0.1) is 0 Å². The van der Waals surface area contributed by atoms with Crippen LogP contribution < -0.4 is 16.2 Å². The molecule has 4 aromatic rings. The van der Waals surface area contributed by atoms with Gasteiger partial charge in [-0.1, -0.05) is 42.5 Å². The van der Waals surface area contributed by atoms with Crippen molar-refractivity contribution in [3.63, 3.8) is 0 Å². The van der Waals surface area contributed by atoms with E-state index in [9.17, 15) is 14.4 Å². The molecule has 3 N–H and O–H groups in total. The van der Waals surface area contributed by atoms with Crippen LogP contribution in [0, 0.1) is 0 Å². The van der Waals surface area contributed by atoms with Crippen LogP contribution in [0.5, 0.6) is 0 Å². The van der Waals surface area contributed by atoms with Crippen molar-refractivity contribution in [2.75, 3.05) is 6.54 Å². The maximum atomic E-state index is 12.9. The van der Waals surface area contributed by atoms with E-state index in [0.29, 0.717) is 28.6 Å². The number of carbonyl (C=O) groups is 3. The van der Waals surface area contributed by atoms with Gasteiger partial charge in [0.1, 0.15) is 0 Å². The molecule has 0 radical (unpaired) electrons. The first-order valence-electron chi connectivity index (χ1n) is 11.6. The quantitative estimate of drug-likeness (QED) is 0.206. The van der Waals surface area contributed by atoms with Crippen molar-refractivity contribution >= 4 is 46.0 Å². The third-order valence-electron chi connectivity index (χ3n) is 5.98. The van der Waals surface area contributed by atoms with Gasteiger partial charge in [0, 0.05) is 24.3 Å². The second kappa shape index (κ2) is 10.5. The number of fused-ring (bicyclic) bond motifs is 2. The molecule has 0 aliphatic carbocycles. The Labute approximate surface area is 217 Å². The van der Waals surface area contributed by atoms with Gasteiger partial charge in [0.2, 0.25) is 0 Å². The van der Waals surface area contributed by atoms with Crippen molar-refractivity contribution in [3.05, 3.63) is 108 Å². The number of amides is 3. The summed E-state index contributed by atoms with van der Waals surface area (Å²) in [5.41, 5.74) is 8.07. The molecule has 5 rings (SSSR count). The van der Waals surface area contributed by atoms with Crippen LogP contribution in [0.4, 0.5) is 0 Å². The number of nitrogens with zero attached hydrogens (tertiary/aromatic N) is 3. The highest BCUT2D eigenvalue weighted by molar-refractivity contribution is 7.80. The standard InChI is InChI=1S/C27H22N6O3S/c34-24(19-13-18-10-11-28-15-23(18)29-14-19)31-32-27(37)30-20(12-17-6-2-1-3-7-17)16-33-25(35)21-8-4-5-9-22(21)26(33)36/h1-11,13-15,20H,12,16H2,(H,31,34)(H2,30,32,37). The van der Waals surface area contributed by atoms with E-state index in [1.807, 2.05) is 30.3 Å². The number of rotatable bonds is 6. The van der Waals surface area contributed by atoms with Crippen molar-refractivity contribution in [1.29, 1.82) is 0 Å². The predicted molar refractivity (Wildman–Crippen MR) is 142 cm³/mol. The van der Waals surface area contributed by atoms with Crippen LogP contribution in [0.3, 0.4) is 0 Å². The molecule has 2 aromatic carbocycles. The van der Waals surface area contributed by atoms with Gasteiger partial charge >= 0.3 is 0 Å². The van der Waals surface area contributed by atoms with E-state index in [0.717, 1.165) is 10.9 Å². The molecule has 3 heterocycles. The lowest BCUT2D eigenvalue weighted by molar-refractivity contribution is 0.0641. The molecule has 0 saturated carbocycles. The summed E-state index contributed by atoms with van der Waals surface area (Å²) in [5, 5.41) is 4.06. The average molecular weight is 511 g/mol. The van der Waals surface area contributed by atoms with Gasteiger partial charge < -0.3 is 5.32 Å². The topological polar surface area (TPSA) is 116 Å². The molecular weight excluding hydrogens is 488 g/mol. The van der Waals surface area contributed by atoms with Gasteiger partial charge in [0.05, 0.1) is 34.4 Å². The smallest absolute Gasteiger partial charge is 0.271 e. The first-order valence-corrected chi connectivity index (χ1v) is 12.0. The Hall–Kier alpha value is -4.70. The van der Waals surface area contributed by atoms with E-state index in [4.69, 9.17) is 12.2 Å². The molecule has 1 aliphatic rings. The zero-order valence-electron chi connectivity index (χ0n) is 19.5. The summed E-state index contributed by atoms with van der Waals surface area (Å²) in [5.74, 6) is -1.10. The fourth-order valence-corrected chi connectivity index (χ4v) is 4.40. The molecule has 0 spiro atoms. The maximum absolute atomic E-state index is 12.9. The highest BCUT2D eigenvalue weighted by Crippen LogP contribution is 2.23. The minimum absolute atomic E-state index is 0.0969. The molecule has 37 heavy (non-hydrogen) atoms. The molecule has 1 atom stereocenters. The lowest BCUT2D eigenvalue weighted by atomic mass is 10.1. The minimum atomic E-state index is -0.421. The summed E-state index contributed by atoms with van der Waals surface area (Å²) >= 11 is 5.41. The normalized spacial score (nSPS) is 13.2. The maximum Gasteiger partial charge on any atom is 0.271 e. The number of imide groups is 1. The third-order valence-corrected chi connectivity index (χ3v) is 6.20. The van der Waals surface area contributed by atoms with Crippen LogP contribution in [0.1, 0.15) is 36.6 Å².